The van der Waals surface area contributed by atoms with Crippen LogP contribution in [0.5, 0.6) is 11.5 Å². The highest BCUT2D eigenvalue weighted by atomic mass is 32.2. The van der Waals surface area contributed by atoms with Crippen molar-refractivity contribution in [2.75, 3.05) is 24.3 Å². The standard InChI is InChI=1S/C22H19N5O4S/c1-13-2-5-15(6-3-13)27-20-19(21(29)24-12-23-20)26-22(27)32-11-18(28)25-14-4-7-16-17(10-14)31-9-8-30-16/h2-7,10,12H,8-9,11H2,1H3,(H,25,28)(H,23,24,29). The lowest BCUT2D eigenvalue weighted by atomic mass is 10.2. The van der Waals surface area contributed by atoms with Crippen molar-refractivity contribution in [1.29, 1.82) is 0 Å². The van der Waals surface area contributed by atoms with Crippen LogP contribution in [0.25, 0.3) is 16.9 Å². The summed E-state index contributed by atoms with van der Waals surface area (Å²) in [6, 6.07) is 13.1. The number of amides is 1. The van der Waals surface area contributed by atoms with Gasteiger partial charge in [0.25, 0.3) is 5.56 Å². The van der Waals surface area contributed by atoms with Gasteiger partial charge in [-0.05, 0) is 31.2 Å². The maximum atomic E-state index is 12.6. The van der Waals surface area contributed by atoms with E-state index in [1.54, 1.807) is 22.8 Å². The van der Waals surface area contributed by atoms with Crippen LogP contribution < -0.4 is 20.3 Å². The molecule has 0 bridgehead atoms. The molecule has 0 atom stereocenters. The Kier molecular flexibility index (Phi) is 5.28. The molecule has 0 saturated carbocycles. The molecule has 1 aliphatic rings. The topological polar surface area (TPSA) is 111 Å². The highest BCUT2D eigenvalue weighted by molar-refractivity contribution is 7.99. The number of hydrogen-bond donors (Lipinski definition) is 2. The Balaban J connectivity index is 1.38. The number of rotatable bonds is 5. The Morgan fingerprint density at radius 3 is 2.75 bits per heavy atom. The number of benzene rings is 2. The molecule has 0 fully saturated rings. The predicted molar refractivity (Wildman–Crippen MR) is 121 cm³/mol. The van der Waals surface area contributed by atoms with E-state index in [4.69, 9.17) is 9.47 Å². The van der Waals surface area contributed by atoms with E-state index in [1.807, 2.05) is 31.2 Å². The lowest BCUT2D eigenvalue weighted by Crippen LogP contribution is -2.17. The molecule has 0 spiro atoms. The van der Waals surface area contributed by atoms with Gasteiger partial charge in [-0.2, -0.15) is 0 Å². The second-order valence-electron chi connectivity index (χ2n) is 7.16. The van der Waals surface area contributed by atoms with Gasteiger partial charge in [-0.15, -0.1) is 0 Å². The van der Waals surface area contributed by atoms with Crippen molar-refractivity contribution in [3.05, 3.63) is 64.7 Å². The summed E-state index contributed by atoms with van der Waals surface area (Å²) in [7, 11) is 0. The summed E-state index contributed by atoms with van der Waals surface area (Å²) in [6.45, 7) is 2.98. The molecule has 0 saturated heterocycles. The van der Waals surface area contributed by atoms with Crippen molar-refractivity contribution >= 4 is 34.5 Å². The quantitative estimate of drug-likeness (QED) is 0.451. The number of imidazole rings is 1. The molecule has 4 aromatic rings. The van der Waals surface area contributed by atoms with Gasteiger partial charge >= 0.3 is 0 Å². The van der Waals surface area contributed by atoms with Crippen LogP contribution >= 0.6 is 11.8 Å². The van der Waals surface area contributed by atoms with E-state index in [0.29, 0.717) is 41.2 Å². The summed E-state index contributed by atoms with van der Waals surface area (Å²) in [5, 5.41) is 3.36. The zero-order chi connectivity index (χ0) is 22.1. The number of nitrogens with zero attached hydrogens (tertiary/aromatic N) is 3. The summed E-state index contributed by atoms with van der Waals surface area (Å²) in [5.41, 5.74) is 2.87. The molecular weight excluding hydrogens is 430 g/mol. The number of carbonyl (C=O) groups excluding carboxylic acids is 1. The predicted octanol–water partition coefficient (Wildman–Crippen LogP) is 2.92. The SMILES string of the molecule is Cc1ccc(-n2c(SCC(=O)Nc3ccc4c(c3)OCCO4)nc3c(=O)[nH]cnc32)cc1. The van der Waals surface area contributed by atoms with Crippen LogP contribution in [0.1, 0.15) is 5.56 Å². The van der Waals surface area contributed by atoms with Gasteiger partial charge in [0.15, 0.2) is 27.8 Å². The lowest BCUT2D eigenvalue weighted by Gasteiger charge is -2.19. The van der Waals surface area contributed by atoms with Crippen LogP contribution in [0.3, 0.4) is 0 Å². The monoisotopic (exact) mass is 449 g/mol. The van der Waals surface area contributed by atoms with Gasteiger partial charge in [0.1, 0.15) is 13.2 Å². The van der Waals surface area contributed by atoms with Gasteiger partial charge in [0.05, 0.1) is 12.1 Å². The third-order valence-corrected chi connectivity index (χ3v) is 5.81. The summed E-state index contributed by atoms with van der Waals surface area (Å²) in [4.78, 5) is 36.1. The lowest BCUT2D eigenvalue weighted by molar-refractivity contribution is -0.113. The Hall–Kier alpha value is -3.79. The fraction of sp³-hybridized carbons (Fsp3) is 0.182. The second kappa shape index (κ2) is 8.39. The highest BCUT2D eigenvalue weighted by Gasteiger charge is 2.18. The number of H-pyrrole nitrogens is 1. The van der Waals surface area contributed by atoms with Crippen LogP contribution in [0.15, 0.2) is 58.7 Å². The molecule has 2 aromatic heterocycles. The number of fused-ring (bicyclic) bond motifs is 2. The van der Waals surface area contributed by atoms with E-state index in [0.717, 1.165) is 11.3 Å². The number of thioether (sulfide) groups is 1. The van der Waals surface area contributed by atoms with Gasteiger partial charge in [0, 0.05) is 17.4 Å². The molecule has 0 aliphatic carbocycles. The molecule has 0 unspecified atom stereocenters. The number of anilines is 1. The minimum absolute atomic E-state index is 0.0987. The van der Waals surface area contributed by atoms with Crippen LogP contribution in [-0.2, 0) is 4.79 Å². The number of aromatic amines is 1. The van der Waals surface area contributed by atoms with Crippen LogP contribution in [0.2, 0.25) is 0 Å². The van der Waals surface area contributed by atoms with E-state index >= 15 is 0 Å². The smallest absolute Gasteiger partial charge is 0.278 e. The van der Waals surface area contributed by atoms with Crippen molar-refractivity contribution in [2.24, 2.45) is 0 Å². The summed E-state index contributed by atoms with van der Waals surface area (Å²) < 4.78 is 12.8. The van der Waals surface area contributed by atoms with E-state index in [-0.39, 0.29) is 22.7 Å². The minimum Gasteiger partial charge on any atom is -0.486 e. The van der Waals surface area contributed by atoms with Crippen molar-refractivity contribution < 1.29 is 14.3 Å². The van der Waals surface area contributed by atoms with Crippen LogP contribution in [-0.4, -0.2) is 44.4 Å². The molecule has 9 nitrogen and oxygen atoms in total. The summed E-state index contributed by atoms with van der Waals surface area (Å²) in [5.74, 6) is 1.15. The van der Waals surface area contributed by atoms with Crippen molar-refractivity contribution in [2.45, 2.75) is 12.1 Å². The Morgan fingerprint density at radius 1 is 1.16 bits per heavy atom. The number of ether oxygens (including phenoxy) is 2. The molecule has 162 valence electrons. The van der Waals surface area contributed by atoms with Crippen LogP contribution in [0, 0.1) is 6.92 Å². The second-order valence-corrected chi connectivity index (χ2v) is 8.11. The summed E-state index contributed by atoms with van der Waals surface area (Å²) >= 11 is 1.23. The normalized spacial score (nSPS) is 12.7. The summed E-state index contributed by atoms with van der Waals surface area (Å²) in [6.07, 6.45) is 1.35. The van der Waals surface area contributed by atoms with Gasteiger partial charge in [-0.1, -0.05) is 29.5 Å². The molecular formula is C22H19N5O4S. The number of nitrogens with one attached hydrogen (secondary N) is 2. The first-order valence-electron chi connectivity index (χ1n) is 9.94. The van der Waals surface area contributed by atoms with Gasteiger partial charge in [0.2, 0.25) is 5.91 Å². The first-order chi connectivity index (χ1) is 15.6. The van der Waals surface area contributed by atoms with Gasteiger partial charge in [-0.25, -0.2) is 9.97 Å². The average molecular weight is 449 g/mol. The molecule has 1 aliphatic heterocycles. The largest absolute Gasteiger partial charge is 0.486 e. The van der Waals surface area contributed by atoms with Gasteiger partial charge < -0.3 is 19.8 Å². The van der Waals surface area contributed by atoms with E-state index in [9.17, 15) is 9.59 Å². The van der Waals surface area contributed by atoms with Gasteiger partial charge in [-0.3, -0.25) is 14.2 Å². The number of hydrogen-bond acceptors (Lipinski definition) is 7. The minimum atomic E-state index is -0.330. The molecule has 2 N–H and O–H groups in total. The highest BCUT2D eigenvalue weighted by Crippen LogP contribution is 2.33. The molecule has 32 heavy (non-hydrogen) atoms. The third kappa shape index (κ3) is 3.92. The Morgan fingerprint density at radius 2 is 1.94 bits per heavy atom. The van der Waals surface area contributed by atoms with Crippen molar-refractivity contribution in [3.8, 4) is 17.2 Å². The zero-order valence-electron chi connectivity index (χ0n) is 17.1. The molecule has 1 amide bonds. The maximum Gasteiger partial charge on any atom is 0.278 e. The first-order valence-corrected chi connectivity index (χ1v) is 10.9. The molecule has 10 heteroatoms. The van der Waals surface area contributed by atoms with E-state index < -0.39 is 0 Å². The maximum absolute atomic E-state index is 12.6. The van der Waals surface area contributed by atoms with Crippen molar-refractivity contribution in [3.63, 3.8) is 0 Å². The fourth-order valence-corrected chi connectivity index (χ4v) is 4.16. The average Bonchev–Trinajstić information content (AvgIpc) is 3.18. The molecule has 5 rings (SSSR count). The Bertz CT molecular complexity index is 1360. The first kappa shape index (κ1) is 20.1. The van der Waals surface area contributed by atoms with E-state index in [1.165, 1.54) is 18.1 Å². The number of aryl methyl sites for hydroxylation is 1. The Labute approximate surface area is 186 Å². The van der Waals surface area contributed by atoms with Crippen molar-refractivity contribution in [1.82, 2.24) is 19.5 Å². The molecule has 3 heterocycles. The van der Waals surface area contributed by atoms with Crippen LogP contribution in [0.4, 0.5) is 5.69 Å². The molecule has 2 aromatic carbocycles. The number of carbonyl (C=O) groups is 1. The zero-order valence-corrected chi connectivity index (χ0v) is 17.9. The fourth-order valence-electron chi connectivity index (χ4n) is 3.36. The third-order valence-electron chi connectivity index (χ3n) is 4.87. The number of aromatic nitrogens is 4. The van der Waals surface area contributed by atoms with E-state index in [2.05, 4.69) is 20.3 Å². The molecule has 0 radical (unpaired) electrons.